The first-order valence-electron chi connectivity index (χ1n) is 12.4. The standard InChI is InChI=1S/C29H41BO2/c1-11-19(3)20-13-15-22-23-16-14-21(18-25(23)26(4,5)24(22)17-20)29(10,12-2)30-31-27(6,7)28(8,9)32-30/h13-19H,11-12H2,1-10H3. The maximum Gasteiger partial charge on any atom is 0.468 e. The molecule has 2 unspecified atom stereocenters. The fourth-order valence-corrected chi connectivity index (χ4v) is 5.26. The van der Waals surface area contributed by atoms with Crippen molar-refractivity contribution in [2.75, 3.05) is 0 Å². The zero-order valence-corrected chi connectivity index (χ0v) is 21.8. The molecule has 1 aliphatic carbocycles. The van der Waals surface area contributed by atoms with Gasteiger partial charge in [-0.2, -0.15) is 0 Å². The molecule has 2 atom stereocenters. The van der Waals surface area contributed by atoms with Crippen molar-refractivity contribution in [2.24, 2.45) is 0 Å². The molecule has 1 aliphatic heterocycles. The van der Waals surface area contributed by atoms with E-state index in [2.05, 4.69) is 106 Å². The number of hydrogen-bond acceptors (Lipinski definition) is 2. The molecule has 2 aromatic carbocycles. The molecule has 0 N–H and O–H groups in total. The zero-order valence-electron chi connectivity index (χ0n) is 21.8. The third-order valence-corrected chi connectivity index (χ3v) is 9.05. The molecule has 32 heavy (non-hydrogen) atoms. The summed E-state index contributed by atoms with van der Waals surface area (Å²) < 4.78 is 13.1. The van der Waals surface area contributed by atoms with Crippen LogP contribution < -0.4 is 0 Å². The molecule has 0 saturated carbocycles. The SMILES string of the molecule is CCC(C)c1ccc2c(c1)C(C)(C)c1cc(C(C)(CC)B3OC(C)(C)C(C)(C)O3)ccc1-2. The van der Waals surface area contributed by atoms with Crippen molar-refractivity contribution in [3.63, 3.8) is 0 Å². The van der Waals surface area contributed by atoms with Gasteiger partial charge in [0.15, 0.2) is 0 Å². The van der Waals surface area contributed by atoms with Gasteiger partial charge in [0.2, 0.25) is 0 Å². The largest absolute Gasteiger partial charge is 0.468 e. The van der Waals surface area contributed by atoms with Crippen LogP contribution in [0.1, 0.15) is 110 Å². The highest BCUT2D eigenvalue weighted by atomic mass is 16.7. The van der Waals surface area contributed by atoms with Crippen molar-refractivity contribution in [1.29, 1.82) is 0 Å². The smallest absolute Gasteiger partial charge is 0.403 e. The Balaban J connectivity index is 1.77. The second-order valence-electron chi connectivity index (χ2n) is 11.9. The maximum absolute atomic E-state index is 6.54. The average molecular weight is 432 g/mol. The molecule has 0 bridgehead atoms. The van der Waals surface area contributed by atoms with Crippen molar-refractivity contribution < 1.29 is 9.31 Å². The average Bonchev–Trinajstić information content (AvgIpc) is 3.11. The van der Waals surface area contributed by atoms with E-state index in [9.17, 15) is 0 Å². The Hall–Kier alpha value is -1.58. The van der Waals surface area contributed by atoms with Crippen molar-refractivity contribution in [3.8, 4) is 11.1 Å². The van der Waals surface area contributed by atoms with Gasteiger partial charge in [-0.05, 0) is 79.8 Å². The fraction of sp³-hybridized carbons (Fsp3) is 0.586. The Morgan fingerprint density at radius 2 is 1.38 bits per heavy atom. The summed E-state index contributed by atoms with van der Waals surface area (Å²) in [5, 5.41) is -0.215. The van der Waals surface area contributed by atoms with Crippen LogP contribution in [-0.4, -0.2) is 18.3 Å². The normalized spacial score (nSPS) is 22.9. The quantitative estimate of drug-likeness (QED) is 0.449. The Morgan fingerprint density at radius 3 is 1.91 bits per heavy atom. The van der Waals surface area contributed by atoms with Crippen LogP contribution in [-0.2, 0) is 20.0 Å². The third kappa shape index (κ3) is 3.31. The molecule has 1 heterocycles. The predicted octanol–water partition coefficient (Wildman–Crippen LogP) is 7.81. The topological polar surface area (TPSA) is 18.5 Å². The molecule has 172 valence electrons. The molecule has 1 fully saturated rings. The van der Waals surface area contributed by atoms with Crippen LogP contribution in [0.2, 0.25) is 0 Å². The van der Waals surface area contributed by atoms with Gasteiger partial charge in [-0.25, -0.2) is 0 Å². The lowest BCUT2D eigenvalue weighted by Crippen LogP contribution is -2.43. The lowest BCUT2D eigenvalue weighted by atomic mass is 9.53. The second kappa shape index (κ2) is 7.47. The van der Waals surface area contributed by atoms with Crippen molar-refractivity contribution in [2.45, 2.75) is 110 Å². The lowest BCUT2D eigenvalue weighted by molar-refractivity contribution is 0.00578. The van der Waals surface area contributed by atoms with Crippen LogP contribution in [0.15, 0.2) is 36.4 Å². The van der Waals surface area contributed by atoms with Gasteiger partial charge in [0, 0.05) is 10.7 Å². The van der Waals surface area contributed by atoms with E-state index in [0.717, 1.165) is 6.42 Å². The Labute approximate surface area is 196 Å². The van der Waals surface area contributed by atoms with Gasteiger partial charge in [0.1, 0.15) is 0 Å². The van der Waals surface area contributed by atoms with Crippen molar-refractivity contribution in [3.05, 3.63) is 58.7 Å². The molecule has 0 aromatic heterocycles. The highest BCUT2D eigenvalue weighted by molar-refractivity contribution is 6.49. The number of rotatable bonds is 5. The predicted molar refractivity (Wildman–Crippen MR) is 136 cm³/mol. The van der Waals surface area contributed by atoms with Crippen LogP contribution in [0.3, 0.4) is 0 Å². The minimum absolute atomic E-state index is 0.0191. The molecule has 2 aliphatic rings. The van der Waals surface area contributed by atoms with Gasteiger partial charge in [0.05, 0.1) is 11.2 Å². The minimum atomic E-state index is -0.327. The molecule has 0 amide bonds. The summed E-state index contributed by atoms with van der Waals surface area (Å²) in [6.07, 6.45) is 2.12. The maximum atomic E-state index is 6.54. The van der Waals surface area contributed by atoms with Crippen LogP contribution >= 0.6 is 0 Å². The van der Waals surface area contributed by atoms with Crippen LogP contribution in [0.5, 0.6) is 0 Å². The van der Waals surface area contributed by atoms with E-state index in [4.69, 9.17) is 9.31 Å². The third-order valence-electron chi connectivity index (χ3n) is 9.05. The summed E-state index contributed by atoms with van der Waals surface area (Å²) in [5.74, 6) is 0.585. The van der Waals surface area contributed by atoms with E-state index in [-0.39, 0.29) is 29.0 Å². The summed E-state index contributed by atoms with van der Waals surface area (Å²) in [4.78, 5) is 0. The Morgan fingerprint density at radius 1 is 0.844 bits per heavy atom. The molecule has 0 radical (unpaired) electrons. The monoisotopic (exact) mass is 432 g/mol. The zero-order chi connectivity index (χ0) is 23.7. The first-order chi connectivity index (χ1) is 14.8. The van der Waals surface area contributed by atoms with E-state index < -0.39 is 0 Å². The van der Waals surface area contributed by atoms with E-state index in [0.29, 0.717) is 5.92 Å². The summed E-state index contributed by atoms with van der Waals surface area (Å²) in [7, 11) is -0.264. The summed E-state index contributed by atoms with van der Waals surface area (Å²) >= 11 is 0. The molecule has 0 spiro atoms. The highest BCUT2D eigenvalue weighted by Gasteiger charge is 2.58. The first-order valence-corrected chi connectivity index (χ1v) is 12.4. The van der Waals surface area contributed by atoms with Crippen molar-refractivity contribution in [1.82, 2.24) is 0 Å². The number of hydrogen-bond donors (Lipinski definition) is 0. The summed E-state index contributed by atoms with van der Waals surface area (Å²) in [6, 6.07) is 14.2. The number of benzene rings is 2. The Bertz CT molecular complexity index is 1020. The second-order valence-corrected chi connectivity index (χ2v) is 11.9. The molecule has 3 heteroatoms. The van der Waals surface area contributed by atoms with Crippen LogP contribution in [0, 0.1) is 0 Å². The molecular formula is C29H41BO2. The van der Waals surface area contributed by atoms with Gasteiger partial charge in [0.25, 0.3) is 0 Å². The molecule has 1 saturated heterocycles. The van der Waals surface area contributed by atoms with Gasteiger partial charge in [-0.1, -0.05) is 77.9 Å². The van der Waals surface area contributed by atoms with Crippen LogP contribution in [0.4, 0.5) is 0 Å². The van der Waals surface area contributed by atoms with Crippen LogP contribution in [0.25, 0.3) is 11.1 Å². The fourth-order valence-electron chi connectivity index (χ4n) is 5.26. The summed E-state index contributed by atoms with van der Waals surface area (Å²) in [6.45, 7) is 22.4. The molecular weight excluding hydrogens is 391 g/mol. The summed E-state index contributed by atoms with van der Waals surface area (Å²) in [5.41, 5.74) is 7.71. The molecule has 2 nitrogen and oxygen atoms in total. The van der Waals surface area contributed by atoms with Gasteiger partial charge >= 0.3 is 7.12 Å². The van der Waals surface area contributed by atoms with Gasteiger partial charge in [-0.15, -0.1) is 0 Å². The van der Waals surface area contributed by atoms with Gasteiger partial charge in [-0.3, -0.25) is 0 Å². The van der Waals surface area contributed by atoms with Gasteiger partial charge < -0.3 is 9.31 Å². The number of fused-ring (bicyclic) bond motifs is 3. The molecule has 4 rings (SSSR count). The first kappa shape index (κ1) is 23.6. The van der Waals surface area contributed by atoms with Crippen molar-refractivity contribution >= 4 is 7.12 Å². The van der Waals surface area contributed by atoms with E-state index in [1.807, 2.05) is 0 Å². The van der Waals surface area contributed by atoms with E-state index in [1.54, 1.807) is 0 Å². The highest BCUT2D eigenvalue weighted by Crippen LogP contribution is 2.51. The van der Waals surface area contributed by atoms with E-state index >= 15 is 0 Å². The molecule has 2 aromatic rings. The Kier molecular flexibility index (Phi) is 5.50. The van der Waals surface area contributed by atoms with E-state index in [1.165, 1.54) is 39.8 Å². The lowest BCUT2D eigenvalue weighted by Gasteiger charge is -2.32. The minimum Gasteiger partial charge on any atom is -0.403 e.